The van der Waals surface area contributed by atoms with Gasteiger partial charge in [-0.05, 0) is 18.1 Å². The lowest BCUT2D eigenvalue weighted by Gasteiger charge is -2.21. The van der Waals surface area contributed by atoms with Gasteiger partial charge >= 0.3 is 12.0 Å². The molecule has 1 atom stereocenters. The predicted molar refractivity (Wildman–Crippen MR) is 103 cm³/mol. The maximum Gasteiger partial charge on any atom is 0.326 e. The van der Waals surface area contributed by atoms with Crippen molar-refractivity contribution in [3.05, 3.63) is 71.8 Å². The molecule has 0 aromatic heterocycles. The Morgan fingerprint density at radius 1 is 1.03 bits per heavy atom. The van der Waals surface area contributed by atoms with Crippen LogP contribution in [0.15, 0.2) is 60.7 Å². The van der Waals surface area contributed by atoms with Crippen LogP contribution in [-0.2, 0) is 31.2 Å². The molecule has 0 spiro atoms. The highest BCUT2D eigenvalue weighted by Crippen LogP contribution is 2.28. The summed E-state index contributed by atoms with van der Waals surface area (Å²) in [6.45, 7) is 0.814. The number of urea groups is 1. The summed E-state index contributed by atoms with van der Waals surface area (Å²) in [7, 11) is 0. The first-order chi connectivity index (χ1) is 13.9. The lowest BCUT2D eigenvalue weighted by molar-refractivity contribution is -0.151. The van der Waals surface area contributed by atoms with Gasteiger partial charge in [0, 0.05) is 6.54 Å². The molecule has 29 heavy (non-hydrogen) atoms. The van der Waals surface area contributed by atoms with E-state index in [1.54, 1.807) is 37.3 Å². The summed E-state index contributed by atoms with van der Waals surface area (Å²) in [5.41, 5.74) is 0.257. The Bertz CT molecular complexity index is 916. The first-order valence-electron chi connectivity index (χ1n) is 9.06. The predicted octanol–water partition coefficient (Wildman–Crippen LogP) is 1.31. The van der Waals surface area contributed by atoms with Gasteiger partial charge < -0.3 is 15.4 Å². The van der Waals surface area contributed by atoms with E-state index in [1.807, 2.05) is 30.3 Å². The van der Waals surface area contributed by atoms with Crippen molar-refractivity contribution in [3.8, 4) is 0 Å². The molecule has 1 heterocycles. The smallest absolute Gasteiger partial charge is 0.326 e. The van der Waals surface area contributed by atoms with Gasteiger partial charge in [0.15, 0.2) is 6.61 Å². The minimum Gasteiger partial charge on any atom is -0.454 e. The molecule has 1 fully saturated rings. The van der Waals surface area contributed by atoms with E-state index in [4.69, 9.17) is 4.74 Å². The van der Waals surface area contributed by atoms with Gasteiger partial charge in [-0.15, -0.1) is 0 Å². The van der Waals surface area contributed by atoms with Gasteiger partial charge in [-0.2, -0.15) is 0 Å². The van der Waals surface area contributed by atoms with E-state index < -0.39 is 42.5 Å². The monoisotopic (exact) mass is 395 g/mol. The van der Waals surface area contributed by atoms with Crippen molar-refractivity contribution in [3.63, 3.8) is 0 Å². The molecule has 1 aliphatic heterocycles. The fourth-order valence-electron chi connectivity index (χ4n) is 2.98. The topological polar surface area (TPSA) is 105 Å². The molecular weight excluding hydrogens is 374 g/mol. The summed E-state index contributed by atoms with van der Waals surface area (Å²) in [6, 6.07) is 17.3. The van der Waals surface area contributed by atoms with E-state index in [0.29, 0.717) is 12.1 Å². The summed E-state index contributed by atoms with van der Waals surface area (Å²) in [4.78, 5) is 49.6. The number of hydrogen-bond donors (Lipinski definition) is 2. The quantitative estimate of drug-likeness (QED) is 0.543. The zero-order chi connectivity index (χ0) is 20.9. The van der Waals surface area contributed by atoms with E-state index in [9.17, 15) is 19.2 Å². The van der Waals surface area contributed by atoms with Crippen LogP contribution in [0.5, 0.6) is 0 Å². The molecule has 3 rings (SSSR count). The van der Waals surface area contributed by atoms with Gasteiger partial charge in [0.2, 0.25) is 0 Å². The van der Waals surface area contributed by atoms with Crippen molar-refractivity contribution < 1.29 is 23.9 Å². The minimum atomic E-state index is -1.26. The maximum atomic E-state index is 12.7. The number of imide groups is 1. The van der Waals surface area contributed by atoms with Crippen LogP contribution in [0, 0.1) is 0 Å². The number of amides is 4. The number of ether oxygens (including phenoxy) is 1. The van der Waals surface area contributed by atoms with Crippen molar-refractivity contribution in [1.29, 1.82) is 0 Å². The molecule has 0 bridgehead atoms. The third-order valence-electron chi connectivity index (χ3n) is 4.61. The molecule has 0 aliphatic carbocycles. The molecule has 1 aliphatic rings. The van der Waals surface area contributed by atoms with Crippen molar-refractivity contribution in [1.82, 2.24) is 15.5 Å². The maximum absolute atomic E-state index is 12.7. The van der Waals surface area contributed by atoms with Crippen LogP contribution in [0.2, 0.25) is 0 Å². The molecule has 0 unspecified atom stereocenters. The van der Waals surface area contributed by atoms with E-state index in [-0.39, 0.29) is 0 Å². The lowest BCUT2D eigenvalue weighted by Crippen LogP contribution is -2.41. The molecule has 150 valence electrons. The number of esters is 1. The van der Waals surface area contributed by atoms with Gasteiger partial charge in [0.05, 0.1) is 0 Å². The van der Waals surface area contributed by atoms with Crippen LogP contribution in [0.3, 0.4) is 0 Å². The van der Waals surface area contributed by atoms with Crippen molar-refractivity contribution in [2.45, 2.75) is 19.0 Å². The normalized spacial score (nSPS) is 18.3. The van der Waals surface area contributed by atoms with Crippen LogP contribution < -0.4 is 10.6 Å². The van der Waals surface area contributed by atoms with Gasteiger partial charge in [-0.3, -0.25) is 19.3 Å². The summed E-state index contributed by atoms with van der Waals surface area (Å²) in [5.74, 6) is -1.88. The van der Waals surface area contributed by atoms with E-state index >= 15 is 0 Å². The van der Waals surface area contributed by atoms with E-state index in [0.717, 1.165) is 10.5 Å². The van der Waals surface area contributed by atoms with Crippen LogP contribution in [-0.4, -0.2) is 41.9 Å². The standard InChI is InChI=1S/C21H21N3O5/c1-21(16-10-6-3-7-11-16)19(27)24(20(28)23-21)13-18(26)29-14-17(25)22-12-15-8-4-2-5-9-15/h2-11H,12-14H2,1H3,(H,22,25)(H,23,28)/t21-/m0/s1. The van der Waals surface area contributed by atoms with E-state index in [1.165, 1.54) is 0 Å². The molecular formula is C21H21N3O5. The van der Waals surface area contributed by atoms with Crippen LogP contribution in [0.1, 0.15) is 18.1 Å². The van der Waals surface area contributed by atoms with Gasteiger partial charge in [-0.1, -0.05) is 60.7 Å². The zero-order valence-electron chi connectivity index (χ0n) is 15.9. The third kappa shape index (κ3) is 4.60. The van der Waals surface area contributed by atoms with E-state index in [2.05, 4.69) is 10.6 Å². The average molecular weight is 395 g/mol. The summed E-state index contributed by atoms with van der Waals surface area (Å²) in [6.07, 6.45) is 0. The number of nitrogens with zero attached hydrogens (tertiary/aromatic N) is 1. The number of carbonyl (C=O) groups excluding carboxylic acids is 4. The Labute approximate surface area is 167 Å². The zero-order valence-corrected chi connectivity index (χ0v) is 15.9. The Morgan fingerprint density at radius 2 is 1.66 bits per heavy atom. The van der Waals surface area contributed by atoms with Crippen molar-refractivity contribution in [2.75, 3.05) is 13.2 Å². The fourth-order valence-corrected chi connectivity index (χ4v) is 2.98. The van der Waals surface area contributed by atoms with Crippen LogP contribution in [0.4, 0.5) is 4.79 Å². The van der Waals surface area contributed by atoms with Crippen molar-refractivity contribution >= 4 is 23.8 Å². The van der Waals surface area contributed by atoms with Crippen LogP contribution >= 0.6 is 0 Å². The van der Waals surface area contributed by atoms with Gasteiger partial charge in [0.25, 0.3) is 11.8 Å². The Balaban J connectivity index is 1.51. The molecule has 8 nitrogen and oxygen atoms in total. The molecule has 2 aromatic rings. The van der Waals surface area contributed by atoms with Crippen molar-refractivity contribution in [2.24, 2.45) is 0 Å². The molecule has 8 heteroatoms. The summed E-state index contributed by atoms with van der Waals surface area (Å²) < 4.78 is 4.90. The Kier molecular flexibility index (Phi) is 5.92. The molecule has 2 N–H and O–H groups in total. The summed E-state index contributed by atoms with van der Waals surface area (Å²) >= 11 is 0. The number of carbonyl (C=O) groups is 4. The van der Waals surface area contributed by atoms with Crippen LogP contribution in [0.25, 0.3) is 0 Å². The SMILES string of the molecule is C[C@@]1(c2ccccc2)NC(=O)N(CC(=O)OCC(=O)NCc2ccccc2)C1=O. The largest absolute Gasteiger partial charge is 0.454 e. The van der Waals surface area contributed by atoms with Gasteiger partial charge in [-0.25, -0.2) is 4.79 Å². The molecule has 0 radical (unpaired) electrons. The highest BCUT2D eigenvalue weighted by Gasteiger charge is 2.49. The fraction of sp³-hybridized carbons (Fsp3) is 0.238. The highest BCUT2D eigenvalue weighted by atomic mass is 16.5. The number of benzene rings is 2. The highest BCUT2D eigenvalue weighted by molar-refractivity contribution is 6.08. The van der Waals surface area contributed by atoms with Gasteiger partial charge in [0.1, 0.15) is 12.1 Å². The molecule has 1 saturated heterocycles. The second kappa shape index (κ2) is 8.55. The first-order valence-corrected chi connectivity index (χ1v) is 9.06. The lowest BCUT2D eigenvalue weighted by atomic mass is 9.92. The molecule has 2 aromatic carbocycles. The Hall–Kier alpha value is -3.68. The second-order valence-corrected chi connectivity index (χ2v) is 6.74. The number of rotatable bonds is 7. The second-order valence-electron chi connectivity index (χ2n) is 6.74. The summed E-state index contributed by atoms with van der Waals surface area (Å²) in [5, 5.41) is 5.23. The third-order valence-corrected chi connectivity index (χ3v) is 4.61. The molecule has 0 saturated carbocycles. The molecule has 4 amide bonds. The average Bonchev–Trinajstić information content (AvgIpc) is 2.96. The number of hydrogen-bond acceptors (Lipinski definition) is 5. The first kappa shape index (κ1) is 20.1. The Morgan fingerprint density at radius 3 is 2.31 bits per heavy atom. The minimum absolute atomic E-state index is 0.305. The number of nitrogens with one attached hydrogen (secondary N) is 2.